The molecule has 0 radical (unpaired) electrons. The highest BCUT2D eigenvalue weighted by molar-refractivity contribution is 6.35. The van der Waals surface area contributed by atoms with Gasteiger partial charge in [-0.1, -0.05) is 66.7 Å². The first kappa shape index (κ1) is 25.6. The first-order valence-corrected chi connectivity index (χ1v) is 12.2. The highest BCUT2D eigenvalue weighted by Crippen LogP contribution is 2.24. The van der Waals surface area contributed by atoms with Crippen LogP contribution in [0.2, 0.25) is 0 Å². The molecule has 37 heavy (non-hydrogen) atoms. The third-order valence-electron chi connectivity index (χ3n) is 6.23. The number of cyclic esters (lactones) is 1. The fourth-order valence-electron chi connectivity index (χ4n) is 4.28. The summed E-state index contributed by atoms with van der Waals surface area (Å²) in [6, 6.07) is 20.7. The van der Waals surface area contributed by atoms with E-state index in [0.717, 1.165) is 16.3 Å². The van der Waals surface area contributed by atoms with E-state index >= 15 is 0 Å². The van der Waals surface area contributed by atoms with Crippen molar-refractivity contribution in [3.63, 3.8) is 0 Å². The average Bonchev–Trinajstić information content (AvgIpc) is 3.33. The molecule has 0 saturated carbocycles. The second-order valence-corrected chi connectivity index (χ2v) is 8.76. The van der Waals surface area contributed by atoms with Gasteiger partial charge in [-0.2, -0.15) is 0 Å². The fraction of sp³-hybridized carbons (Fsp3) is 0.241. The van der Waals surface area contributed by atoms with Crippen LogP contribution in [-0.4, -0.2) is 36.8 Å². The molecule has 3 amide bonds. The van der Waals surface area contributed by atoms with Crippen LogP contribution in [0.4, 0.5) is 0 Å². The summed E-state index contributed by atoms with van der Waals surface area (Å²) in [4.78, 5) is 49.0. The van der Waals surface area contributed by atoms with Crippen LogP contribution in [0.15, 0.2) is 78.4 Å². The Morgan fingerprint density at radius 3 is 2.49 bits per heavy atom. The number of esters is 1. The zero-order chi connectivity index (χ0) is 26.2. The molecule has 1 heterocycles. The summed E-state index contributed by atoms with van der Waals surface area (Å²) in [6.45, 7) is 2.55. The molecular formula is C29H29N3O5. The van der Waals surface area contributed by atoms with Crippen LogP contribution in [0.25, 0.3) is 10.8 Å². The summed E-state index contributed by atoms with van der Waals surface area (Å²) in [7, 11) is 0. The van der Waals surface area contributed by atoms with Crippen molar-refractivity contribution in [2.24, 2.45) is 0 Å². The zero-order valence-electron chi connectivity index (χ0n) is 20.6. The van der Waals surface area contributed by atoms with E-state index < -0.39 is 11.8 Å². The molecule has 0 bridgehead atoms. The van der Waals surface area contributed by atoms with Crippen molar-refractivity contribution in [1.82, 2.24) is 16.0 Å². The van der Waals surface area contributed by atoms with E-state index in [9.17, 15) is 19.2 Å². The normalized spacial score (nSPS) is 14.7. The maximum Gasteiger partial charge on any atom is 0.333 e. The Labute approximate surface area is 215 Å². The molecule has 0 aliphatic carbocycles. The van der Waals surface area contributed by atoms with Gasteiger partial charge in [0.05, 0.1) is 12.6 Å². The third kappa shape index (κ3) is 6.41. The lowest BCUT2D eigenvalue weighted by Crippen LogP contribution is -2.40. The van der Waals surface area contributed by atoms with E-state index in [-0.39, 0.29) is 31.0 Å². The summed E-state index contributed by atoms with van der Waals surface area (Å²) in [5.74, 6) is -2.18. The van der Waals surface area contributed by atoms with E-state index in [0.29, 0.717) is 36.1 Å². The van der Waals surface area contributed by atoms with Gasteiger partial charge in [-0.25, -0.2) is 4.79 Å². The molecule has 1 aliphatic heterocycles. The predicted molar refractivity (Wildman–Crippen MR) is 139 cm³/mol. The van der Waals surface area contributed by atoms with Crippen molar-refractivity contribution in [2.45, 2.75) is 32.4 Å². The number of nitrogens with one attached hydrogen (secondary N) is 3. The number of amides is 3. The minimum atomic E-state index is -0.799. The van der Waals surface area contributed by atoms with Gasteiger partial charge in [0, 0.05) is 30.6 Å². The quantitative estimate of drug-likeness (QED) is 0.190. The van der Waals surface area contributed by atoms with Gasteiger partial charge in [0.25, 0.3) is 5.91 Å². The Morgan fingerprint density at radius 2 is 1.68 bits per heavy atom. The van der Waals surface area contributed by atoms with Crippen LogP contribution < -0.4 is 16.0 Å². The van der Waals surface area contributed by atoms with E-state index in [4.69, 9.17) is 4.74 Å². The number of fused-ring (bicyclic) bond motifs is 1. The lowest BCUT2D eigenvalue weighted by Gasteiger charge is -2.18. The molecule has 190 valence electrons. The molecule has 8 heteroatoms. The Kier molecular flexibility index (Phi) is 8.30. The Bertz CT molecular complexity index is 1360. The van der Waals surface area contributed by atoms with Crippen LogP contribution in [0, 0.1) is 0 Å². The molecule has 0 unspecified atom stereocenters. The maximum atomic E-state index is 13.1. The molecular weight excluding hydrogens is 470 g/mol. The number of benzene rings is 3. The second kappa shape index (κ2) is 12.0. The minimum absolute atomic E-state index is 0.0222. The largest absolute Gasteiger partial charge is 0.462 e. The summed E-state index contributed by atoms with van der Waals surface area (Å²) in [5.41, 5.74) is 2.61. The van der Waals surface area contributed by atoms with E-state index in [1.54, 1.807) is 30.3 Å². The molecule has 1 aliphatic rings. The third-order valence-corrected chi connectivity index (χ3v) is 6.23. The van der Waals surface area contributed by atoms with Crippen LogP contribution in [0.1, 0.15) is 47.3 Å². The Morgan fingerprint density at radius 1 is 0.946 bits per heavy atom. The predicted octanol–water partition coefficient (Wildman–Crippen LogP) is 3.33. The van der Waals surface area contributed by atoms with Gasteiger partial charge >= 0.3 is 17.8 Å². The van der Waals surface area contributed by atoms with Gasteiger partial charge in [-0.15, -0.1) is 0 Å². The number of carbonyl (C=O) groups is 4. The van der Waals surface area contributed by atoms with Crippen molar-refractivity contribution in [2.75, 3.05) is 13.2 Å². The first-order valence-electron chi connectivity index (χ1n) is 12.2. The molecule has 4 rings (SSSR count). The maximum absolute atomic E-state index is 13.1. The Balaban J connectivity index is 1.32. The topological polar surface area (TPSA) is 114 Å². The molecule has 1 atom stereocenters. The highest BCUT2D eigenvalue weighted by Gasteiger charge is 2.19. The van der Waals surface area contributed by atoms with Crippen LogP contribution in [0.3, 0.4) is 0 Å². The number of hydrogen-bond donors (Lipinski definition) is 3. The van der Waals surface area contributed by atoms with Gasteiger partial charge in [-0.05, 0) is 41.3 Å². The van der Waals surface area contributed by atoms with E-state index in [1.807, 2.05) is 49.4 Å². The van der Waals surface area contributed by atoms with Gasteiger partial charge in [-0.3, -0.25) is 14.4 Å². The summed E-state index contributed by atoms with van der Waals surface area (Å²) < 4.78 is 4.86. The number of carbonyl (C=O) groups excluding carboxylic acids is 4. The molecule has 1 fully saturated rings. The SMILES string of the molecule is C[C@@H](NC(=O)c1ccccc1CNC(=O)C(=O)NCC/C=C1\CCOC1=O)c1cccc2ccccc12. The number of ether oxygens (including phenoxy) is 1. The van der Waals surface area contributed by atoms with E-state index in [2.05, 4.69) is 16.0 Å². The minimum Gasteiger partial charge on any atom is -0.462 e. The molecule has 3 N–H and O–H groups in total. The molecule has 1 saturated heterocycles. The highest BCUT2D eigenvalue weighted by atomic mass is 16.5. The van der Waals surface area contributed by atoms with Gasteiger partial charge in [0.15, 0.2) is 0 Å². The van der Waals surface area contributed by atoms with Crippen LogP contribution in [0.5, 0.6) is 0 Å². The molecule has 0 spiro atoms. The average molecular weight is 500 g/mol. The lowest BCUT2D eigenvalue weighted by atomic mass is 9.99. The standard InChI is InChI=1S/C29H29N3O5/c1-19(23-14-6-10-20-8-2-4-12-24(20)23)32-26(33)25-13-5-3-9-22(25)18-31-28(35)27(34)30-16-7-11-21-15-17-37-29(21)36/h2-6,8-14,19H,7,15-18H2,1H3,(H,30,34)(H,31,35)(H,32,33)/b21-11+/t19-/m1/s1. The van der Waals surface area contributed by atoms with Crippen molar-refractivity contribution in [3.8, 4) is 0 Å². The smallest absolute Gasteiger partial charge is 0.333 e. The number of hydrogen-bond acceptors (Lipinski definition) is 5. The van der Waals surface area contributed by atoms with Crippen molar-refractivity contribution >= 4 is 34.5 Å². The molecule has 8 nitrogen and oxygen atoms in total. The summed E-state index contributed by atoms with van der Waals surface area (Å²) >= 11 is 0. The fourth-order valence-corrected chi connectivity index (χ4v) is 4.28. The molecule has 3 aromatic carbocycles. The molecule has 3 aromatic rings. The van der Waals surface area contributed by atoms with Crippen LogP contribution in [-0.2, 0) is 25.7 Å². The zero-order valence-corrected chi connectivity index (χ0v) is 20.6. The lowest BCUT2D eigenvalue weighted by molar-refractivity contribution is -0.139. The molecule has 0 aromatic heterocycles. The first-order chi connectivity index (χ1) is 17.9. The van der Waals surface area contributed by atoms with Gasteiger partial charge < -0.3 is 20.7 Å². The van der Waals surface area contributed by atoms with Crippen molar-refractivity contribution < 1.29 is 23.9 Å². The number of rotatable bonds is 8. The van der Waals surface area contributed by atoms with Gasteiger partial charge in [0.2, 0.25) is 0 Å². The Hall–Kier alpha value is -4.46. The summed E-state index contributed by atoms with van der Waals surface area (Å²) in [6.07, 6.45) is 2.68. The van der Waals surface area contributed by atoms with E-state index in [1.165, 1.54) is 0 Å². The summed E-state index contributed by atoms with van der Waals surface area (Å²) in [5, 5.41) is 10.3. The van der Waals surface area contributed by atoms with Crippen LogP contribution >= 0.6 is 0 Å². The van der Waals surface area contributed by atoms with Gasteiger partial charge in [0.1, 0.15) is 0 Å². The van der Waals surface area contributed by atoms with Crippen molar-refractivity contribution in [3.05, 3.63) is 95.1 Å². The monoisotopic (exact) mass is 499 g/mol. The van der Waals surface area contributed by atoms with Crippen molar-refractivity contribution in [1.29, 1.82) is 0 Å². The second-order valence-electron chi connectivity index (χ2n) is 8.76.